The predicted molar refractivity (Wildman–Crippen MR) is 87.6 cm³/mol. The lowest BCUT2D eigenvalue weighted by Gasteiger charge is -2.08. The summed E-state index contributed by atoms with van der Waals surface area (Å²) < 4.78 is 0. The molecule has 3 rings (SSSR count). The highest BCUT2D eigenvalue weighted by Gasteiger charge is 2.14. The second kappa shape index (κ2) is 5.74. The van der Waals surface area contributed by atoms with Crippen molar-refractivity contribution in [2.24, 2.45) is 0 Å². The van der Waals surface area contributed by atoms with Crippen LogP contribution in [0.4, 0.5) is 0 Å². The minimum Gasteiger partial charge on any atom is -0.507 e. The van der Waals surface area contributed by atoms with E-state index in [0.717, 1.165) is 10.8 Å². The van der Waals surface area contributed by atoms with E-state index in [1.807, 2.05) is 36.4 Å². The zero-order valence-corrected chi connectivity index (χ0v) is 11.7. The van der Waals surface area contributed by atoms with Crippen LogP contribution < -0.4 is 0 Å². The van der Waals surface area contributed by atoms with Gasteiger partial charge in [0.05, 0.1) is 5.57 Å². The summed E-state index contributed by atoms with van der Waals surface area (Å²) in [5, 5.41) is 21.3. The van der Waals surface area contributed by atoms with Gasteiger partial charge in [-0.3, -0.25) is 0 Å². The van der Waals surface area contributed by atoms with Gasteiger partial charge in [-0.05, 0) is 28.5 Å². The van der Waals surface area contributed by atoms with Gasteiger partial charge >= 0.3 is 5.97 Å². The molecule has 0 amide bonds. The van der Waals surface area contributed by atoms with Crippen molar-refractivity contribution in [3.8, 4) is 5.75 Å². The van der Waals surface area contributed by atoms with Gasteiger partial charge < -0.3 is 10.2 Å². The van der Waals surface area contributed by atoms with Crippen molar-refractivity contribution in [2.75, 3.05) is 0 Å². The maximum Gasteiger partial charge on any atom is 0.336 e. The van der Waals surface area contributed by atoms with Crippen molar-refractivity contribution >= 4 is 28.4 Å². The number of fused-ring (bicyclic) bond motifs is 1. The molecule has 0 saturated carbocycles. The van der Waals surface area contributed by atoms with E-state index >= 15 is 0 Å². The molecule has 3 nitrogen and oxygen atoms in total. The molecule has 0 spiro atoms. The van der Waals surface area contributed by atoms with E-state index < -0.39 is 5.97 Å². The number of hydrogen-bond acceptors (Lipinski definition) is 2. The molecule has 0 aromatic heterocycles. The van der Waals surface area contributed by atoms with Crippen LogP contribution in [-0.2, 0) is 4.79 Å². The summed E-state index contributed by atoms with van der Waals surface area (Å²) >= 11 is 0. The van der Waals surface area contributed by atoms with Crippen LogP contribution in [0.25, 0.3) is 22.4 Å². The molecule has 0 atom stereocenters. The van der Waals surface area contributed by atoms with Crippen LogP contribution in [0, 0.1) is 0 Å². The van der Waals surface area contributed by atoms with Gasteiger partial charge in [0.2, 0.25) is 0 Å². The van der Waals surface area contributed by atoms with E-state index in [1.54, 1.807) is 24.3 Å². The second-order valence-corrected chi connectivity index (χ2v) is 4.95. The Morgan fingerprint density at radius 3 is 2.32 bits per heavy atom. The summed E-state index contributed by atoms with van der Waals surface area (Å²) in [6.45, 7) is 0. The number of carbonyl (C=O) groups is 1. The van der Waals surface area contributed by atoms with Crippen LogP contribution in [0.3, 0.4) is 0 Å². The Balaban J connectivity index is 2.24. The highest BCUT2D eigenvalue weighted by Crippen LogP contribution is 2.29. The molecule has 0 radical (unpaired) electrons. The number of phenolic OH excluding ortho intramolecular Hbond substituents is 1. The summed E-state index contributed by atoms with van der Waals surface area (Å²) in [4.78, 5) is 11.7. The van der Waals surface area contributed by atoms with E-state index in [4.69, 9.17) is 0 Å². The van der Waals surface area contributed by atoms with Crippen molar-refractivity contribution in [3.05, 3.63) is 77.9 Å². The number of aliphatic carboxylic acids is 1. The Morgan fingerprint density at radius 2 is 1.55 bits per heavy atom. The minimum absolute atomic E-state index is 0.0569. The van der Waals surface area contributed by atoms with Crippen LogP contribution in [-0.4, -0.2) is 16.2 Å². The maximum absolute atomic E-state index is 11.7. The third kappa shape index (κ3) is 2.56. The molecule has 0 aliphatic rings. The number of phenols is 1. The molecule has 0 aliphatic carbocycles. The zero-order valence-electron chi connectivity index (χ0n) is 11.7. The third-order valence-electron chi connectivity index (χ3n) is 3.55. The lowest BCUT2D eigenvalue weighted by atomic mass is 9.96. The number of carboxylic acids is 1. The van der Waals surface area contributed by atoms with E-state index in [2.05, 4.69) is 0 Å². The number of para-hydroxylation sites is 1. The normalized spacial score (nSPS) is 11.5. The van der Waals surface area contributed by atoms with Gasteiger partial charge in [-0.1, -0.05) is 60.7 Å². The topological polar surface area (TPSA) is 57.5 Å². The van der Waals surface area contributed by atoms with Gasteiger partial charge in [0, 0.05) is 5.56 Å². The van der Waals surface area contributed by atoms with E-state index in [0.29, 0.717) is 11.1 Å². The van der Waals surface area contributed by atoms with Gasteiger partial charge in [0.1, 0.15) is 5.75 Å². The first-order chi connectivity index (χ1) is 10.7. The largest absolute Gasteiger partial charge is 0.507 e. The molecule has 0 fully saturated rings. The molecule has 2 N–H and O–H groups in total. The predicted octanol–water partition coefficient (Wildman–Crippen LogP) is 4.17. The van der Waals surface area contributed by atoms with Gasteiger partial charge in [-0.15, -0.1) is 0 Å². The van der Waals surface area contributed by atoms with Gasteiger partial charge in [-0.25, -0.2) is 4.79 Å². The Labute approximate surface area is 127 Å². The molecule has 3 aromatic rings. The lowest BCUT2D eigenvalue weighted by molar-refractivity contribution is -0.130. The molecule has 0 bridgehead atoms. The number of hydrogen-bond donors (Lipinski definition) is 2. The monoisotopic (exact) mass is 290 g/mol. The summed E-state index contributed by atoms with van der Waals surface area (Å²) in [7, 11) is 0. The highest BCUT2D eigenvalue weighted by molar-refractivity contribution is 6.24. The molecule has 0 heterocycles. The SMILES string of the molecule is O=C(O)/C(=C\c1ccccc1O)c1cccc2ccccc12. The fourth-order valence-electron chi connectivity index (χ4n) is 2.48. The summed E-state index contributed by atoms with van der Waals surface area (Å²) in [6, 6.07) is 19.9. The number of aromatic hydroxyl groups is 1. The lowest BCUT2D eigenvalue weighted by Crippen LogP contribution is -2.00. The van der Waals surface area contributed by atoms with Crippen LogP contribution >= 0.6 is 0 Å². The maximum atomic E-state index is 11.7. The first kappa shape index (κ1) is 13.9. The van der Waals surface area contributed by atoms with Crippen molar-refractivity contribution < 1.29 is 15.0 Å². The fraction of sp³-hybridized carbons (Fsp3) is 0. The minimum atomic E-state index is -1.03. The molecule has 3 aromatic carbocycles. The average Bonchev–Trinajstić information content (AvgIpc) is 2.53. The smallest absolute Gasteiger partial charge is 0.336 e. The van der Waals surface area contributed by atoms with Crippen molar-refractivity contribution in [1.82, 2.24) is 0 Å². The highest BCUT2D eigenvalue weighted by atomic mass is 16.4. The first-order valence-electron chi connectivity index (χ1n) is 6.88. The summed E-state index contributed by atoms with van der Waals surface area (Å²) in [5.41, 5.74) is 1.26. The number of carboxylic acid groups (broad SMARTS) is 1. The third-order valence-corrected chi connectivity index (χ3v) is 3.55. The molecule has 108 valence electrons. The van der Waals surface area contributed by atoms with Crippen LogP contribution in [0.2, 0.25) is 0 Å². The number of rotatable bonds is 3. The van der Waals surface area contributed by atoms with Gasteiger partial charge in [0.25, 0.3) is 0 Å². The molecular weight excluding hydrogens is 276 g/mol. The van der Waals surface area contributed by atoms with Crippen LogP contribution in [0.1, 0.15) is 11.1 Å². The van der Waals surface area contributed by atoms with Crippen molar-refractivity contribution in [3.63, 3.8) is 0 Å². The molecule has 3 heteroatoms. The summed E-state index contributed by atoms with van der Waals surface area (Å²) in [5.74, 6) is -0.971. The van der Waals surface area contributed by atoms with Crippen molar-refractivity contribution in [2.45, 2.75) is 0 Å². The van der Waals surface area contributed by atoms with Gasteiger partial charge in [0.15, 0.2) is 0 Å². The molecule has 22 heavy (non-hydrogen) atoms. The second-order valence-electron chi connectivity index (χ2n) is 4.95. The molecular formula is C19H14O3. The Hall–Kier alpha value is -3.07. The Kier molecular flexibility index (Phi) is 3.62. The van der Waals surface area contributed by atoms with Crippen LogP contribution in [0.5, 0.6) is 5.75 Å². The Bertz CT molecular complexity index is 873. The Morgan fingerprint density at radius 1 is 0.864 bits per heavy atom. The molecule has 0 saturated heterocycles. The standard InChI is InChI=1S/C19H14O3/c20-18-11-4-2-7-14(18)12-17(19(21)22)16-10-5-8-13-6-1-3-9-15(13)16/h1-12,20H,(H,21,22)/b17-12-. The van der Waals surface area contributed by atoms with Crippen molar-refractivity contribution in [1.29, 1.82) is 0 Å². The molecule has 0 aliphatic heterocycles. The van der Waals surface area contributed by atoms with Gasteiger partial charge in [-0.2, -0.15) is 0 Å². The fourth-order valence-corrected chi connectivity index (χ4v) is 2.48. The van der Waals surface area contributed by atoms with E-state index in [-0.39, 0.29) is 11.3 Å². The number of benzene rings is 3. The quantitative estimate of drug-likeness (QED) is 0.562. The summed E-state index contributed by atoms with van der Waals surface area (Å²) in [6.07, 6.45) is 1.50. The first-order valence-corrected chi connectivity index (χ1v) is 6.88. The average molecular weight is 290 g/mol. The van der Waals surface area contributed by atoms with Crippen LogP contribution in [0.15, 0.2) is 66.7 Å². The van der Waals surface area contributed by atoms with E-state index in [1.165, 1.54) is 12.1 Å². The molecule has 0 unspecified atom stereocenters. The van der Waals surface area contributed by atoms with E-state index in [9.17, 15) is 15.0 Å². The zero-order chi connectivity index (χ0) is 15.5.